The molecule has 1 aliphatic rings. The van der Waals surface area contributed by atoms with Crippen LogP contribution in [0.25, 0.3) is 0 Å². The van der Waals surface area contributed by atoms with E-state index in [9.17, 15) is 0 Å². The highest BCUT2D eigenvalue weighted by atomic mass is 32.1. The minimum absolute atomic E-state index is 0.873. The summed E-state index contributed by atoms with van der Waals surface area (Å²) < 4.78 is 5.26. The molecule has 0 bridgehead atoms. The molecule has 3 nitrogen and oxygen atoms in total. The Hall–Kier alpha value is -0.190. The Morgan fingerprint density at radius 1 is 1.46 bits per heavy atom. The van der Waals surface area contributed by atoms with Gasteiger partial charge in [-0.3, -0.25) is 4.90 Å². The fourth-order valence-corrected chi connectivity index (χ4v) is 1.41. The maximum atomic E-state index is 5.26. The molecule has 76 valence electrons. The van der Waals surface area contributed by atoms with Crippen LogP contribution in [0.2, 0.25) is 0 Å². The Morgan fingerprint density at radius 2 is 2.15 bits per heavy atom. The molecule has 1 fully saturated rings. The number of nitrogens with one attached hydrogen (secondary N) is 1. The van der Waals surface area contributed by atoms with Crippen molar-refractivity contribution in [2.24, 2.45) is 0 Å². The van der Waals surface area contributed by atoms with Gasteiger partial charge in [-0.1, -0.05) is 19.1 Å². The predicted octanol–water partition coefficient (Wildman–Crippen LogP) is 0.646. The van der Waals surface area contributed by atoms with Crippen LogP contribution in [0.5, 0.6) is 0 Å². The summed E-state index contributed by atoms with van der Waals surface area (Å²) in [5.41, 5.74) is 0. The lowest BCUT2D eigenvalue weighted by Crippen LogP contribution is -2.41. The molecule has 0 atom stereocenters. The Morgan fingerprint density at radius 3 is 2.77 bits per heavy atom. The zero-order valence-corrected chi connectivity index (χ0v) is 9.03. The van der Waals surface area contributed by atoms with Gasteiger partial charge in [0.05, 0.1) is 18.2 Å². The van der Waals surface area contributed by atoms with Crippen molar-refractivity contribution >= 4 is 17.2 Å². The molecule has 1 rings (SSSR count). The van der Waals surface area contributed by atoms with E-state index >= 15 is 0 Å². The first-order valence-corrected chi connectivity index (χ1v) is 5.30. The van der Waals surface area contributed by atoms with Gasteiger partial charge in [0.25, 0.3) is 0 Å². The summed E-state index contributed by atoms with van der Waals surface area (Å²) in [5, 5.41) is 3.23. The van der Waals surface area contributed by atoms with Gasteiger partial charge in [-0.05, 0) is 6.42 Å². The van der Waals surface area contributed by atoms with Crippen molar-refractivity contribution in [3.8, 4) is 0 Å². The molecule has 0 amide bonds. The Labute approximate surface area is 85.4 Å². The van der Waals surface area contributed by atoms with E-state index in [4.69, 9.17) is 17.0 Å². The standard InChI is InChI=1S/C9H18N2OS/c1-2-9(13)10-3-4-11-5-7-12-8-6-11/h2-8H2,1H3,(H,10,13). The van der Waals surface area contributed by atoms with Crippen LogP contribution >= 0.6 is 12.2 Å². The van der Waals surface area contributed by atoms with Crippen molar-refractivity contribution in [3.05, 3.63) is 0 Å². The summed E-state index contributed by atoms with van der Waals surface area (Å²) in [7, 11) is 0. The third-order valence-corrected chi connectivity index (χ3v) is 2.61. The summed E-state index contributed by atoms with van der Waals surface area (Å²) >= 11 is 5.07. The Kier molecular flexibility index (Phi) is 5.27. The highest BCUT2D eigenvalue weighted by molar-refractivity contribution is 7.80. The number of thiocarbonyl (C=S) groups is 1. The van der Waals surface area contributed by atoms with Crippen molar-refractivity contribution in [1.29, 1.82) is 0 Å². The Balaban J connectivity index is 2.01. The predicted molar refractivity (Wildman–Crippen MR) is 58.2 cm³/mol. The molecule has 0 radical (unpaired) electrons. The van der Waals surface area contributed by atoms with E-state index in [1.807, 2.05) is 0 Å². The highest BCUT2D eigenvalue weighted by Crippen LogP contribution is 1.94. The van der Waals surface area contributed by atoms with Crippen LogP contribution < -0.4 is 5.32 Å². The van der Waals surface area contributed by atoms with Crippen LogP contribution in [-0.4, -0.2) is 49.3 Å². The van der Waals surface area contributed by atoms with E-state index in [0.29, 0.717) is 0 Å². The van der Waals surface area contributed by atoms with Gasteiger partial charge >= 0.3 is 0 Å². The number of nitrogens with zero attached hydrogens (tertiary/aromatic N) is 1. The van der Waals surface area contributed by atoms with E-state index in [-0.39, 0.29) is 0 Å². The minimum atomic E-state index is 0.873. The SMILES string of the molecule is CCC(=S)NCCN1CCOCC1. The normalized spacial score (nSPS) is 18.5. The topological polar surface area (TPSA) is 24.5 Å². The fourth-order valence-electron chi connectivity index (χ4n) is 1.30. The number of morpholine rings is 1. The zero-order chi connectivity index (χ0) is 9.52. The van der Waals surface area contributed by atoms with Crippen molar-refractivity contribution < 1.29 is 4.74 Å². The molecule has 0 unspecified atom stereocenters. The van der Waals surface area contributed by atoms with Gasteiger partial charge in [-0.2, -0.15) is 0 Å². The summed E-state index contributed by atoms with van der Waals surface area (Å²) in [6.07, 6.45) is 0.943. The summed E-state index contributed by atoms with van der Waals surface area (Å²) in [5.74, 6) is 0. The van der Waals surface area contributed by atoms with Gasteiger partial charge in [-0.25, -0.2) is 0 Å². The zero-order valence-electron chi connectivity index (χ0n) is 8.21. The average molecular weight is 202 g/mol. The van der Waals surface area contributed by atoms with Gasteiger partial charge in [0.15, 0.2) is 0 Å². The van der Waals surface area contributed by atoms with Crippen LogP contribution in [-0.2, 0) is 4.74 Å². The van der Waals surface area contributed by atoms with E-state index in [0.717, 1.165) is 50.8 Å². The number of rotatable bonds is 4. The smallest absolute Gasteiger partial charge is 0.0751 e. The molecule has 13 heavy (non-hydrogen) atoms. The maximum Gasteiger partial charge on any atom is 0.0751 e. The van der Waals surface area contributed by atoms with Crippen molar-refractivity contribution in [2.75, 3.05) is 39.4 Å². The summed E-state index contributed by atoms with van der Waals surface area (Å²) in [4.78, 5) is 3.36. The van der Waals surface area contributed by atoms with E-state index < -0.39 is 0 Å². The van der Waals surface area contributed by atoms with Crippen LogP contribution in [0, 0.1) is 0 Å². The molecule has 0 aromatic rings. The molecule has 1 heterocycles. The third kappa shape index (κ3) is 4.55. The second-order valence-electron chi connectivity index (χ2n) is 3.16. The van der Waals surface area contributed by atoms with E-state index in [1.54, 1.807) is 0 Å². The monoisotopic (exact) mass is 202 g/mol. The minimum Gasteiger partial charge on any atom is -0.379 e. The quantitative estimate of drug-likeness (QED) is 0.676. The Bertz CT molecular complexity index is 158. The molecule has 0 aliphatic carbocycles. The lowest BCUT2D eigenvalue weighted by Gasteiger charge is -2.26. The lowest BCUT2D eigenvalue weighted by molar-refractivity contribution is 0.0389. The van der Waals surface area contributed by atoms with Gasteiger partial charge in [0.2, 0.25) is 0 Å². The first-order chi connectivity index (χ1) is 6.33. The second-order valence-corrected chi connectivity index (χ2v) is 3.65. The number of hydrogen-bond donors (Lipinski definition) is 1. The molecular formula is C9H18N2OS. The maximum absolute atomic E-state index is 5.26. The van der Waals surface area contributed by atoms with Crippen LogP contribution in [0.4, 0.5) is 0 Å². The first kappa shape index (κ1) is 10.9. The largest absolute Gasteiger partial charge is 0.379 e. The molecule has 1 aliphatic heterocycles. The number of ether oxygens (including phenoxy) is 1. The lowest BCUT2D eigenvalue weighted by atomic mass is 10.4. The summed E-state index contributed by atoms with van der Waals surface area (Å²) in [6, 6.07) is 0. The van der Waals surface area contributed by atoms with Gasteiger partial charge in [0.1, 0.15) is 0 Å². The molecule has 1 saturated heterocycles. The van der Waals surface area contributed by atoms with Gasteiger partial charge in [0, 0.05) is 26.2 Å². The third-order valence-electron chi connectivity index (χ3n) is 2.18. The first-order valence-electron chi connectivity index (χ1n) is 4.89. The number of hydrogen-bond acceptors (Lipinski definition) is 3. The highest BCUT2D eigenvalue weighted by Gasteiger charge is 2.08. The summed E-state index contributed by atoms with van der Waals surface area (Å²) in [6.45, 7) is 7.97. The van der Waals surface area contributed by atoms with Crippen molar-refractivity contribution in [1.82, 2.24) is 10.2 Å². The molecule has 0 aromatic heterocycles. The van der Waals surface area contributed by atoms with Crippen LogP contribution in [0.3, 0.4) is 0 Å². The van der Waals surface area contributed by atoms with E-state index in [1.165, 1.54) is 0 Å². The van der Waals surface area contributed by atoms with Crippen molar-refractivity contribution in [2.45, 2.75) is 13.3 Å². The van der Waals surface area contributed by atoms with Gasteiger partial charge in [-0.15, -0.1) is 0 Å². The second kappa shape index (κ2) is 6.29. The average Bonchev–Trinajstić information content (AvgIpc) is 2.19. The molecular weight excluding hydrogens is 184 g/mol. The van der Waals surface area contributed by atoms with E-state index in [2.05, 4.69) is 17.1 Å². The molecule has 0 spiro atoms. The molecule has 0 saturated carbocycles. The van der Waals surface area contributed by atoms with Crippen molar-refractivity contribution in [3.63, 3.8) is 0 Å². The van der Waals surface area contributed by atoms with Crippen LogP contribution in [0.15, 0.2) is 0 Å². The fraction of sp³-hybridized carbons (Fsp3) is 0.889. The van der Waals surface area contributed by atoms with Gasteiger partial charge < -0.3 is 10.1 Å². The molecule has 1 N–H and O–H groups in total. The molecule has 4 heteroatoms. The van der Waals surface area contributed by atoms with Crippen LogP contribution in [0.1, 0.15) is 13.3 Å². The molecule has 0 aromatic carbocycles.